The molecule has 2 fully saturated rings. The van der Waals surface area contributed by atoms with Crippen molar-refractivity contribution in [2.75, 3.05) is 32.7 Å². The highest BCUT2D eigenvalue weighted by molar-refractivity contribution is 7.89. The molecule has 1 amide bonds. The van der Waals surface area contributed by atoms with Gasteiger partial charge in [0.15, 0.2) is 0 Å². The molecule has 0 unspecified atom stereocenters. The Labute approximate surface area is 135 Å². The molecule has 126 valence electrons. The predicted octanol–water partition coefficient (Wildman–Crippen LogP) is 0.411. The molecule has 1 aromatic rings. The summed E-state index contributed by atoms with van der Waals surface area (Å²) in [4.78, 5) is 13.7. The van der Waals surface area contributed by atoms with E-state index in [9.17, 15) is 17.6 Å². The van der Waals surface area contributed by atoms with Gasteiger partial charge in [0, 0.05) is 32.2 Å². The first-order valence-corrected chi connectivity index (χ1v) is 9.16. The molecule has 1 saturated carbocycles. The molecular weight excluding hydrogens is 321 g/mol. The van der Waals surface area contributed by atoms with Crippen molar-refractivity contribution < 1.29 is 17.6 Å². The largest absolute Gasteiger partial charge is 0.352 e. The average molecular weight is 341 g/mol. The van der Waals surface area contributed by atoms with Crippen LogP contribution in [0.2, 0.25) is 0 Å². The first-order chi connectivity index (χ1) is 10.9. The van der Waals surface area contributed by atoms with Crippen LogP contribution in [0.1, 0.15) is 12.8 Å². The van der Waals surface area contributed by atoms with E-state index in [0.717, 1.165) is 18.9 Å². The fourth-order valence-electron chi connectivity index (χ4n) is 2.61. The third-order valence-corrected chi connectivity index (χ3v) is 5.97. The number of carbonyl (C=O) groups is 1. The summed E-state index contributed by atoms with van der Waals surface area (Å²) in [5.74, 6) is -0.574. The van der Waals surface area contributed by atoms with Crippen LogP contribution in [0.5, 0.6) is 0 Å². The van der Waals surface area contributed by atoms with E-state index in [2.05, 4.69) is 5.32 Å². The van der Waals surface area contributed by atoms with Gasteiger partial charge in [-0.15, -0.1) is 0 Å². The highest BCUT2D eigenvalue weighted by Gasteiger charge is 2.30. The Hall–Kier alpha value is -1.51. The van der Waals surface area contributed by atoms with Crippen molar-refractivity contribution >= 4 is 15.9 Å². The molecule has 6 nitrogen and oxygen atoms in total. The summed E-state index contributed by atoms with van der Waals surface area (Å²) in [6.45, 7) is 1.88. The highest BCUT2D eigenvalue weighted by atomic mass is 32.2. The second-order valence-corrected chi connectivity index (χ2v) is 7.92. The lowest BCUT2D eigenvalue weighted by atomic mass is 10.3. The molecule has 0 spiro atoms. The topological polar surface area (TPSA) is 69.7 Å². The van der Waals surface area contributed by atoms with Crippen LogP contribution in [0.15, 0.2) is 29.2 Å². The van der Waals surface area contributed by atoms with Gasteiger partial charge in [0.25, 0.3) is 0 Å². The predicted molar refractivity (Wildman–Crippen MR) is 82.8 cm³/mol. The fraction of sp³-hybridized carbons (Fsp3) is 0.533. The summed E-state index contributed by atoms with van der Waals surface area (Å²) in [6, 6.07) is 5.37. The number of sulfonamides is 1. The molecule has 1 saturated heterocycles. The second kappa shape index (κ2) is 6.54. The molecule has 1 aromatic carbocycles. The minimum Gasteiger partial charge on any atom is -0.352 e. The standard InChI is InChI=1S/C15H20FN3O3S/c16-12-2-1-3-14(10-12)23(21,22)19-8-6-18(7-9-19)11-15(20)17-13-4-5-13/h1-3,10,13H,4-9,11H2,(H,17,20). The summed E-state index contributed by atoms with van der Waals surface area (Å²) < 4.78 is 39.6. The minimum absolute atomic E-state index is 0.00561. The van der Waals surface area contributed by atoms with E-state index in [1.807, 2.05) is 4.90 Å². The van der Waals surface area contributed by atoms with Gasteiger partial charge in [-0.25, -0.2) is 12.8 Å². The van der Waals surface area contributed by atoms with Crippen LogP contribution < -0.4 is 5.32 Å². The molecule has 1 heterocycles. The normalized spacial score (nSPS) is 20.4. The fourth-order valence-corrected chi connectivity index (χ4v) is 4.06. The maximum Gasteiger partial charge on any atom is 0.243 e. The zero-order chi connectivity index (χ0) is 16.4. The van der Waals surface area contributed by atoms with Crippen LogP contribution in [0.4, 0.5) is 4.39 Å². The SMILES string of the molecule is O=C(CN1CCN(S(=O)(=O)c2cccc(F)c2)CC1)NC1CC1. The van der Waals surface area contributed by atoms with Crippen LogP contribution >= 0.6 is 0 Å². The van der Waals surface area contributed by atoms with Crippen molar-refractivity contribution in [2.45, 2.75) is 23.8 Å². The Morgan fingerprint density at radius 3 is 2.52 bits per heavy atom. The molecule has 1 aliphatic carbocycles. The third kappa shape index (κ3) is 4.07. The zero-order valence-corrected chi connectivity index (χ0v) is 13.6. The molecule has 0 radical (unpaired) electrons. The van der Waals surface area contributed by atoms with Gasteiger partial charge in [0.1, 0.15) is 5.82 Å². The van der Waals surface area contributed by atoms with Gasteiger partial charge in [0.05, 0.1) is 11.4 Å². The molecule has 0 bridgehead atoms. The lowest BCUT2D eigenvalue weighted by molar-refractivity contribution is -0.122. The molecule has 2 aliphatic rings. The second-order valence-electron chi connectivity index (χ2n) is 5.98. The lowest BCUT2D eigenvalue weighted by Crippen LogP contribution is -2.51. The molecule has 0 atom stereocenters. The summed E-state index contributed by atoms with van der Waals surface area (Å²) in [5.41, 5.74) is 0. The Morgan fingerprint density at radius 2 is 1.91 bits per heavy atom. The lowest BCUT2D eigenvalue weighted by Gasteiger charge is -2.33. The summed E-state index contributed by atoms with van der Waals surface area (Å²) in [5, 5.41) is 2.92. The Kier molecular flexibility index (Phi) is 4.65. The monoisotopic (exact) mass is 341 g/mol. The Bertz CT molecular complexity index is 683. The van der Waals surface area contributed by atoms with E-state index in [1.165, 1.54) is 22.5 Å². The van der Waals surface area contributed by atoms with Gasteiger partial charge < -0.3 is 5.32 Å². The Morgan fingerprint density at radius 1 is 1.22 bits per heavy atom. The van der Waals surface area contributed by atoms with Crippen molar-refractivity contribution in [3.63, 3.8) is 0 Å². The van der Waals surface area contributed by atoms with Crippen molar-refractivity contribution in [2.24, 2.45) is 0 Å². The number of benzene rings is 1. The number of halogens is 1. The van der Waals surface area contributed by atoms with Gasteiger partial charge in [-0.05, 0) is 31.0 Å². The molecule has 8 heteroatoms. The number of amides is 1. The summed E-state index contributed by atoms with van der Waals surface area (Å²) >= 11 is 0. The Balaban J connectivity index is 1.56. The zero-order valence-electron chi connectivity index (χ0n) is 12.7. The molecule has 23 heavy (non-hydrogen) atoms. The molecule has 0 aromatic heterocycles. The van der Waals surface area contributed by atoms with E-state index in [0.29, 0.717) is 38.8 Å². The quantitative estimate of drug-likeness (QED) is 0.842. The molecular formula is C15H20FN3O3S. The van der Waals surface area contributed by atoms with E-state index in [4.69, 9.17) is 0 Å². The van der Waals surface area contributed by atoms with Gasteiger partial charge in [-0.1, -0.05) is 6.07 Å². The first-order valence-electron chi connectivity index (χ1n) is 7.72. The summed E-state index contributed by atoms with van der Waals surface area (Å²) in [7, 11) is -3.68. The third-order valence-electron chi connectivity index (χ3n) is 4.07. The van der Waals surface area contributed by atoms with Crippen LogP contribution in [0.25, 0.3) is 0 Å². The van der Waals surface area contributed by atoms with Gasteiger partial charge >= 0.3 is 0 Å². The van der Waals surface area contributed by atoms with Crippen LogP contribution in [-0.4, -0.2) is 62.3 Å². The minimum atomic E-state index is -3.68. The molecule has 3 rings (SSSR count). The average Bonchev–Trinajstić information content (AvgIpc) is 3.31. The van der Waals surface area contributed by atoms with E-state index in [1.54, 1.807) is 0 Å². The summed E-state index contributed by atoms with van der Waals surface area (Å²) in [6.07, 6.45) is 2.09. The number of hydrogen-bond donors (Lipinski definition) is 1. The number of nitrogens with zero attached hydrogens (tertiary/aromatic N) is 2. The maximum absolute atomic E-state index is 13.2. The van der Waals surface area contributed by atoms with Crippen molar-refractivity contribution in [3.05, 3.63) is 30.1 Å². The molecule has 1 aliphatic heterocycles. The smallest absolute Gasteiger partial charge is 0.243 e. The highest BCUT2D eigenvalue weighted by Crippen LogP contribution is 2.19. The van der Waals surface area contributed by atoms with Crippen LogP contribution in [-0.2, 0) is 14.8 Å². The van der Waals surface area contributed by atoms with E-state index >= 15 is 0 Å². The van der Waals surface area contributed by atoms with Gasteiger partial charge in [-0.2, -0.15) is 4.31 Å². The number of hydrogen-bond acceptors (Lipinski definition) is 4. The van der Waals surface area contributed by atoms with Crippen molar-refractivity contribution in [1.29, 1.82) is 0 Å². The van der Waals surface area contributed by atoms with Gasteiger partial charge in [0.2, 0.25) is 15.9 Å². The number of carbonyl (C=O) groups excluding carboxylic acids is 1. The first kappa shape index (κ1) is 16.4. The number of piperazine rings is 1. The maximum atomic E-state index is 13.2. The van der Waals surface area contributed by atoms with E-state index < -0.39 is 15.8 Å². The number of nitrogens with one attached hydrogen (secondary N) is 1. The van der Waals surface area contributed by atoms with Crippen LogP contribution in [0.3, 0.4) is 0 Å². The molecule has 1 N–H and O–H groups in total. The number of rotatable bonds is 5. The van der Waals surface area contributed by atoms with E-state index in [-0.39, 0.29) is 10.8 Å². The van der Waals surface area contributed by atoms with Crippen molar-refractivity contribution in [3.8, 4) is 0 Å². The van der Waals surface area contributed by atoms with Gasteiger partial charge in [-0.3, -0.25) is 9.69 Å². The van der Waals surface area contributed by atoms with Crippen LogP contribution in [0, 0.1) is 5.82 Å². The van der Waals surface area contributed by atoms with Crippen molar-refractivity contribution in [1.82, 2.24) is 14.5 Å².